The minimum Gasteiger partial charge on any atom is -0.409 e. The van der Waals surface area contributed by atoms with Crippen LogP contribution in [0.4, 0.5) is 14.6 Å². The first-order valence-corrected chi connectivity index (χ1v) is 8.65. The third kappa shape index (κ3) is 3.59. The van der Waals surface area contributed by atoms with Gasteiger partial charge in [-0.1, -0.05) is 5.16 Å². The fourth-order valence-corrected chi connectivity index (χ4v) is 3.20. The summed E-state index contributed by atoms with van der Waals surface area (Å²) in [5.41, 5.74) is 7.79. The monoisotopic (exact) mass is 426 g/mol. The highest BCUT2D eigenvalue weighted by molar-refractivity contribution is 9.10. The number of alkyl halides is 2. The van der Waals surface area contributed by atoms with Crippen molar-refractivity contribution in [2.45, 2.75) is 38.2 Å². The minimum absolute atomic E-state index is 0.138. The molecule has 3 rings (SSSR count). The largest absolute Gasteiger partial charge is 0.409 e. The average molecular weight is 427 g/mol. The van der Waals surface area contributed by atoms with Crippen molar-refractivity contribution in [3.63, 3.8) is 0 Å². The van der Waals surface area contributed by atoms with Crippen LogP contribution in [-0.2, 0) is 6.42 Å². The van der Waals surface area contributed by atoms with Crippen molar-refractivity contribution < 1.29 is 14.0 Å². The second-order valence-corrected chi connectivity index (χ2v) is 7.16. The van der Waals surface area contributed by atoms with Gasteiger partial charge >= 0.3 is 0 Å². The maximum atomic E-state index is 13.0. The summed E-state index contributed by atoms with van der Waals surface area (Å²) in [5, 5.41) is 22.7. The fraction of sp³-hybridized carbons (Fsp3) is 0.375. The minimum atomic E-state index is -2.61. The van der Waals surface area contributed by atoms with Crippen LogP contribution < -0.4 is 11.1 Å². The Hall–Kier alpha value is -2.36. The van der Waals surface area contributed by atoms with Crippen LogP contribution in [0.15, 0.2) is 38.0 Å². The van der Waals surface area contributed by atoms with Gasteiger partial charge in [-0.05, 0) is 35.0 Å². The summed E-state index contributed by atoms with van der Waals surface area (Å²) in [6, 6.07) is 3.24. The highest BCUT2D eigenvalue weighted by atomic mass is 79.9. The average Bonchev–Trinajstić information content (AvgIpc) is 2.56. The first kappa shape index (κ1) is 18.4. The molecule has 7 nitrogen and oxygen atoms in total. The number of pyridine rings is 1. The Morgan fingerprint density at radius 2 is 2.15 bits per heavy atom. The molecule has 1 aromatic heterocycles. The molecule has 0 saturated heterocycles. The topological polar surface area (TPSA) is 120 Å². The van der Waals surface area contributed by atoms with Gasteiger partial charge in [0.25, 0.3) is 5.92 Å². The number of dihydropyridines is 1. The number of aliphatic imine (C=N–C) groups is 1. The molecule has 1 fully saturated rings. The van der Waals surface area contributed by atoms with Crippen LogP contribution in [-0.4, -0.2) is 39.4 Å². The Morgan fingerprint density at radius 1 is 1.46 bits per heavy atom. The van der Waals surface area contributed by atoms with Crippen LogP contribution in [0.2, 0.25) is 0 Å². The van der Waals surface area contributed by atoms with E-state index < -0.39 is 5.92 Å². The lowest BCUT2D eigenvalue weighted by Crippen LogP contribution is -2.44. The summed E-state index contributed by atoms with van der Waals surface area (Å²) >= 11 is 3.37. The molecular weight excluding hydrogens is 410 g/mol. The zero-order valence-corrected chi connectivity index (χ0v) is 15.4. The molecule has 1 aliphatic heterocycles. The molecule has 0 bridgehead atoms. The van der Waals surface area contributed by atoms with Gasteiger partial charge in [-0.2, -0.15) is 0 Å². The summed E-state index contributed by atoms with van der Waals surface area (Å²) in [6.07, 6.45) is -0.115. The second kappa shape index (κ2) is 6.75. The number of oxime groups is 1. The smallest absolute Gasteiger partial charge is 0.252 e. The Morgan fingerprint density at radius 3 is 2.77 bits per heavy atom. The van der Waals surface area contributed by atoms with E-state index in [-0.39, 0.29) is 36.1 Å². The number of hydrogen-bond acceptors (Lipinski definition) is 6. The zero-order valence-electron chi connectivity index (χ0n) is 13.9. The van der Waals surface area contributed by atoms with Crippen molar-refractivity contribution in [2.75, 3.05) is 5.32 Å². The molecule has 5 N–H and O–H groups in total. The lowest BCUT2D eigenvalue weighted by molar-refractivity contribution is -0.0794. The highest BCUT2D eigenvalue weighted by Crippen LogP contribution is 2.39. The van der Waals surface area contributed by atoms with E-state index in [4.69, 9.17) is 16.4 Å². The number of nitrogens with one attached hydrogen (secondary N) is 2. The van der Waals surface area contributed by atoms with E-state index in [1.807, 2.05) is 0 Å². The van der Waals surface area contributed by atoms with E-state index in [1.54, 1.807) is 19.1 Å². The first-order valence-electron chi connectivity index (χ1n) is 7.85. The molecule has 2 heterocycles. The molecule has 1 saturated carbocycles. The number of nitrogens with two attached hydrogens (primary N) is 1. The first-order chi connectivity index (χ1) is 12.2. The van der Waals surface area contributed by atoms with Crippen LogP contribution in [0.25, 0.3) is 0 Å². The quantitative estimate of drug-likeness (QED) is 0.436. The Labute approximate surface area is 156 Å². The Kier molecular flexibility index (Phi) is 4.78. The van der Waals surface area contributed by atoms with Gasteiger partial charge < -0.3 is 16.3 Å². The number of anilines is 1. The number of aromatic nitrogens is 1. The maximum Gasteiger partial charge on any atom is 0.252 e. The summed E-state index contributed by atoms with van der Waals surface area (Å²) in [6.45, 7) is 1.70. The Bertz CT molecular complexity index is 856. The molecule has 0 amide bonds. The van der Waals surface area contributed by atoms with Gasteiger partial charge in [0, 0.05) is 42.3 Å². The number of allylic oxidation sites excluding steroid dienone is 1. The van der Waals surface area contributed by atoms with Crippen molar-refractivity contribution in [1.29, 1.82) is 5.41 Å². The molecular formula is C16H17BrF2N6O. The lowest BCUT2D eigenvalue weighted by Gasteiger charge is -2.35. The van der Waals surface area contributed by atoms with Gasteiger partial charge in [-0.3, -0.25) is 5.41 Å². The molecule has 0 radical (unpaired) electrons. The molecule has 0 atom stereocenters. The van der Waals surface area contributed by atoms with Crippen LogP contribution >= 0.6 is 15.9 Å². The molecule has 1 aliphatic carbocycles. The predicted octanol–water partition coefficient (Wildman–Crippen LogP) is 3.09. The molecule has 1 aromatic rings. The normalized spacial score (nSPS) is 21.6. The van der Waals surface area contributed by atoms with Gasteiger partial charge in [0.05, 0.1) is 10.2 Å². The SMILES string of the molecule is CC1=N/C(=N/O)C(=N)C(N)=C1Cc1ccc(Br)c(NC2CC(F)(F)C2)n1. The molecule has 0 aromatic carbocycles. The summed E-state index contributed by atoms with van der Waals surface area (Å²) in [4.78, 5) is 8.53. The summed E-state index contributed by atoms with van der Waals surface area (Å²) in [5.74, 6) is -2.26. The maximum absolute atomic E-state index is 13.0. The van der Waals surface area contributed by atoms with Gasteiger partial charge in [0.2, 0.25) is 5.84 Å². The highest BCUT2D eigenvalue weighted by Gasteiger charge is 2.45. The fourth-order valence-electron chi connectivity index (χ4n) is 2.86. The van der Waals surface area contributed by atoms with Crippen molar-refractivity contribution >= 4 is 39.0 Å². The molecule has 10 heteroatoms. The van der Waals surface area contributed by atoms with E-state index in [9.17, 15) is 8.78 Å². The molecule has 2 aliphatic rings. The third-order valence-corrected chi connectivity index (χ3v) is 4.96. The van der Waals surface area contributed by atoms with E-state index in [0.29, 0.717) is 33.7 Å². The predicted molar refractivity (Wildman–Crippen MR) is 98.5 cm³/mol. The Balaban J connectivity index is 1.80. The van der Waals surface area contributed by atoms with Gasteiger partial charge in [-0.25, -0.2) is 18.8 Å². The van der Waals surface area contributed by atoms with E-state index >= 15 is 0 Å². The third-order valence-electron chi connectivity index (χ3n) is 4.32. The summed E-state index contributed by atoms with van der Waals surface area (Å²) < 4.78 is 26.7. The number of rotatable bonds is 4. The van der Waals surface area contributed by atoms with Crippen molar-refractivity contribution in [2.24, 2.45) is 15.9 Å². The van der Waals surface area contributed by atoms with E-state index in [2.05, 4.69) is 36.4 Å². The number of amidine groups is 1. The van der Waals surface area contributed by atoms with Crippen LogP contribution in [0.5, 0.6) is 0 Å². The van der Waals surface area contributed by atoms with Crippen molar-refractivity contribution in [3.05, 3.63) is 33.6 Å². The molecule has 138 valence electrons. The molecule has 0 unspecified atom stereocenters. The van der Waals surface area contributed by atoms with E-state index in [0.717, 1.165) is 0 Å². The number of halogens is 3. The van der Waals surface area contributed by atoms with Gasteiger partial charge in [0.15, 0.2) is 0 Å². The zero-order chi connectivity index (χ0) is 19.1. The number of hydrogen-bond donors (Lipinski definition) is 4. The molecule has 26 heavy (non-hydrogen) atoms. The summed E-state index contributed by atoms with van der Waals surface area (Å²) in [7, 11) is 0. The van der Waals surface area contributed by atoms with E-state index in [1.165, 1.54) is 0 Å². The van der Waals surface area contributed by atoms with Crippen LogP contribution in [0.1, 0.15) is 25.5 Å². The standard InChI is InChI=1S/C16H17BrF2N6O/c1-7-10(12(20)13(21)15(22-7)25-26)4-8-2-3-11(17)14(23-8)24-9-5-16(18,19)6-9/h2-3,9,21,26H,4-6,20H2,1H3,(H,23,24)/b21-13?,25-15+. The van der Waals surface area contributed by atoms with Gasteiger partial charge in [0.1, 0.15) is 11.5 Å². The number of nitrogens with zero attached hydrogens (tertiary/aromatic N) is 3. The van der Waals surface area contributed by atoms with Crippen LogP contribution in [0.3, 0.4) is 0 Å². The molecule has 0 spiro atoms. The van der Waals surface area contributed by atoms with Crippen molar-refractivity contribution in [3.8, 4) is 0 Å². The second-order valence-electron chi connectivity index (χ2n) is 6.30. The van der Waals surface area contributed by atoms with Crippen molar-refractivity contribution in [1.82, 2.24) is 4.98 Å². The van der Waals surface area contributed by atoms with Crippen LogP contribution in [0, 0.1) is 5.41 Å². The lowest BCUT2D eigenvalue weighted by atomic mass is 9.88. The van der Waals surface area contributed by atoms with Gasteiger partial charge in [-0.15, -0.1) is 0 Å².